The number of nitrogens with one attached hydrogen (secondary N) is 2. The lowest BCUT2D eigenvalue weighted by Crippen LogP contribution is -2.41. The van der Waals surface area contributed by atoms with Crippen LogP contribution in [0.5, 0.6) is 5.75 Å². The number of nitrogens with zero attached hydrogens (tertiary/aromatic N) is 1. The normalized spacial score (nSPS) is 14.9. The largest absolute Gasteiger partial charge is 0.493 e. The zero-order valence-electron chi connectivity index (χ0n) is 17.2. The summed E-state index contributed by atoms with van der Waals surface area (Å²) < 4.78 is 5.48. The Morgan fingerprint density at radius 1 is 1.07 bits per heavy atom. The van der Waals surface area contributed by atoms with Crippen LogP contribution < -0.4 is 15.4 Å². The van der Waals surface area contributed by atoms with Gasteiger partial charge in [-0.2, -0.15) is 0 Å². The van der Waals surface area contributed by atoms with Crippen LogP contribution in [-0.4, -0.2) is 49.5 Å². The highest BCUT2D eigenvalue weighted by Gasteiger charge is 2.25. The van der Waals surface area contributed by atoms with E-state index in [4.69, 9.17) is 16.3 Å². The molecule has 2 aromatic carbocycles. The number of rotatable bonds is 9. The van der Waals surface area contributed by atoms with E-state index in [2.05, 4.69) is 15.5 Å². The van der Waals surface area contributed by atoms with Gasteiger partial charge < -0.3 is 15.4 Å². The molecular formula is C23H28ClN3O3. The summed E-state index contributed by atoms with van der Waals surface area (Å²) in [5, 5.41) is 6.32. The topological polar surface area (TPSA) is 70.7 Å². The first kappa shape index (κ1) is 22.1. The molecule has 6 nitrogen and oxygen atoms in total. The summed E-state index contributed by atoms with van der Waals surface area (Å²) in [7, 11) is 0. The van der Waals surface area contributed by atoms with Gasteiger partial charge in [0.15, 0.2) is 0 Å². The van der Waals surface area contributed by atoms with Crippen molar-refractivity contribution in [2.24, 2.45) is 0 Å². The smallest absolute Gasteiger partial charge is 0.255 e. The van der Waals surface area contributed by atoms with Crippen molar-refractivity contribution in [2.75, 3.05) is 32.8 Å². The van der Waals surface area contributed by atoms with Crippen LogP contribution in [0.25, 0.3) is 0 Å². The van der Waals surface area contributed by atoms with Gasteiger partial charge in [0.1, 0.15) is 5.75 Å². The van der Waals surface area contributed by atoms with Gasteiger partial charge in [-0.1, -0.05) is 41.9 Å². The van der Waals surface area contributed by atoms with Crippen LogP contribution >= 0.6 is 11.6 Å². The standard InChI is InChI=1S/C23H28ClN3O3/c1-2-30-21-12-6-4-10-18(21)23(29)26-16-22(28)25-15-20(27-13-7-8-14-27)17-9-3-5-11-19(17)24/h3-6,9-12,20H,2,7-8,13-16H2,1H3,(H,25,28)(H,26,29). The molecule has 160 valence electrons. The number of para-hydroxylation sites is 1. The van der Waals surface area contributed by atoms with Gasteiger partial charge in [0.05, 0.1) is 24.8 Å². The molecule has 7 heteroatoms. The van der Waals surface area contributed by atoms with Gasteiger partial charge >= 0.3 is 0 Å². The molecule has 0 spiro atoms. The second-order valence-corrected chi connectivity index (χ2v) is 7.60. The number of halogens is 1. The molecule has 0 aliphatic carbocycles. The number of hydrogen-bond donors (Lipinski definition) is 2. The molecule has 2 aromatic rings. The predicted octanol–water partition coefficient (Wildman–Crippen LogP) is 3.42. The maximum absolute atomic E-state index is 12.5. The van der Waals surface area contributed by atoms with Crippen LogP contribution in [0, 0.1) is 0 Å². The maximum Gasteiger partial charge on any atom is 0.255 e. The monoisotopic (exact) mass is 429 g/mol. The Bertz CT molecular complexity index is 868. The fraction of sp³-hybridized carbons (Fsp3) is 0.391. The molecule has 1 saturated heterocycles. The Labute approximate surface area is 182 Å². The van der Waals surface area contributed by atoms with Gasteiger partial charge in [-0.05, 0) is 56.6 Å². The highest BCUT2D eigenvalue weighted by molar-refractivity contribution is 6.31. The summed E-state index contributed by atoms with van der Waals surface area (Å²) in [6, 6.07) is 14.7. The van der Waals surface area contributed by atoms with Gasteiger partial charge in [0.2, 0.25) is 5.91 Å². The zero-order valence-corrected chi connectivity index (χ0v) is 18.0. The first-order valence-electron chi connectivity index (χ1n) is 10.4. The van der Waals surface area contributed by atoms with Crippen molar-refractivity contribution < 1.29 is 14.3 Å². The number of amides is 2. The van der Waals surface area contributed by atoms with E-state index in [1.165, 1.54) is 0 Å². The summed E-state index contributed by atoms with van der Waals surface area (Å²) in [6.07, 6.45) is 2.29. The fourth-order valence-corrected chi connectivity index (χ4v) is 3.96. The number of ether oxygens (including phenoxy) is 1. The number of hydrogen-bond acceptors (Lipinski definition) is 4. The lowest BCUT2D eigenvalue weighted by atomic mass is 10.1. The van der Waals surface area contributed by atoms with Crippen LogP contribution in [0.3, 0.4) is 0 Å². The third-order valence-corrected chi connectivity index (χ3v) is 5.52. The van der Waals surface area contributed by atoms with E-state index in [-0.39, 0.29) is 24.4 Å². The molecule has 0 saturated carbocycles. The summed E-state index contributed by atoms with van der Waals surface area (Å²) >= 11 is 6.42. The summed E-state index contributed by atoms with van der Waals surface area (Å²) in [5.41, 5.74) is 1.43. The molecule has 1 aliphatic rings. The molecule has 1 unspecified atom stereocenters. The van der Waals surface area contributed by atoms with Crippen LogP contribution in [0.1, 0.15) is 41.7 Å². The van der Waals surface area contributed by atoms with E-state index >= 15 is 0 Å². The summed E-state index contributed by atoms with van der Waals surface area (Å²) in [5.74, 6) is -0.0735. The van der Waals surface area contributed by atoms with Gasteiger partial charge in [0, 0.05) is 11.6 Å². The first-order chi connectivity index (χ1) is 14.6. The van der Waals surface area contributed by atoms with Gasteiger partial charge in [-0.15, -0.1) is 0 Å². The molecular weight excluding hydrogens is 402 g/mol. The second-order valence-electron chi connectivity index (χ2n) is 7.20. The number of carbonyl (C=O) groups is 2. The maximum atomic E-state index is 12.5. The van der Waals surface area contributed by atoms with Crippen molar-refractivity contribution in [1.29, 1.82) is 0 Å². The lowest BCUT2D eigenvalue weighted by Gasteiger charge is -2.29. The fourth-order valence-electron chi connectivity index (χ4n) is 3.70. The highest BCUT2D eigenvalue weighted by Crippen LogP contribution is 2.29. The molecule has 1 atom stereocenters. The van der Waals surface area contributed by atoms with Crippen LogP contribution in [0.2, 0.25) is 5.02 Å². The van der Waals surface area contributed by atoms with Crippen LogP contribution in [0.4, 0.5) is 0 Å². The highest BCUT2D eigenvalue weighted by atomic mass is 35.5. The third kappa shape index (κ3) is 5.74. The zero-order chi connectivity index (χ0) is 21.3. The molecule has 3 rings (SSSR count). The average molecular weight is 430 g/mol. The molecule has 0 radical (unpaired) electrons. The molecule has 0 bridgehead atoms. The minimum atomic E-state index is -0.337. The van der Waals surface area contributed by atoms with Crippen molar-refractivity contribution >= 4 is 23.4 Å². The number of carbonyl (C=O) groups excluding carboxylic acids is 2. The van der Waals surface area contributed by atoms with E-state index in [1.54, 1.807) is 18.2 Å². The van der Waals surface area contributed by atoms with E-state index in [0.29, 0.717) is 29.5 Å². The minimum absolute atomic E-state index is 0.0135. The molecule has 2 amide bonds. The Kier molecular flexibility index (Phi) is 8.11. The molecule has 30 heavy (non-hydrogen) atoms. The van der Waals surface area contributed by atoms with Gasteiger partial charge in [-0.25, -0.2) is 0 Å². The van der Waals surface area contributed by atoms with Crippen molar-refractivity contribution in [2.45, 2.75) is 25.8 Å². The molecule has 2 N–H and O–H groups in total. The Balaban J connectivity index is 1.57. The van der Waals surface area contributed by atoms with E-state index in [0.717, 1.165) is 31.5 Å². The SMILES string of the molecule is CCOc1ccccc1C(=O)NCC(=O)NCC(c1ccccc1Cl)N1CCCC1. The minimum Gasteiger partial charge on any atom is -0.493 e. The Morgan fingerprint density at radius 3 is 2.50 bits per heavy atom. The molecule has 1 aliphatic heterocycles. The van der Waals surface area contributed by atoms with Crippen molar-refractivity contribution in [3.63, 3.8) is 0 Å². The molecule has 1 heterocycles. The van der Waals surface area contributed by atoms with Crippen molar-refractivity contribution in [3.05, 3.63) is 64.7 Å². The Hall–Kier alpha value is -2.57. The second kappa shape index (κ2) is 11.0. The van der Waals surface area contributed by atoms with Gasteiger partial charge in [-0.3, -0.25) is 14.5 Å². The van der Waals surface area contributed by atoms with Crippen molar-refractivity contribution in [3.8, 4) is 5.75 Å². The van der Waals surface area contributed by atoms with Crippen molar-refractivity contribution in [1.82, 2.24) is 15.5 Å². The van der Waals surface area contributed by atoms with E-state index in [9.17, 15) is 9.59 Å². The quantitative estimate of drug-likeness (QED) is 0.640. The molecule has 0 aromatic heterocycles. The lowest BCUT2D eigenvalue weighted by molar-refractivity contribution is -0.120. The summed E-state index contributed by atoms with van der Waals surface area (Å²) in [6.45, 7) is 4.62. The third-order valence-electron chi connectivity index (χ3n) is 5.18. The van der Waals surface area contributed by atoms with Gasteiger partial charge in [0.25, 0.3) is 5.91 Å². The van der Waals surface area contributed by atoms with Crippen LogP contribution in [0.15, 0.2) is 48.5 Å². The van der Waals surface area contributed by atoms with E-state index < -0.39 is 0 Å². The van der Waals surface area contributed by atoms with Crippen LogP contribution in [-0.2, 0) is 4.79 Å². The predicted molar refractivity (Wildman–Crippen MR) is 118 cm³/mol. The Morgan fingerprint density at radius 2 is 1.77 bits per heavy atom. The molecule has 1 fully saturated rings. The number of benzene rings is 2. The van der Waals surface area contributed by atoms with E-state index in [1.807, 2.05) is 37.3 Å². The summed E-state index contributed by atoms with van der Waals surface area (Å²) in [4.78, 5) is 27.2. The average Bonchev–Trinajstić information content (AvgIpc) is 3.28. The number of likely N-dealkylation sites (tertiary alicyclic amines) is 1. The first-order valence-corrected chi connectivity index (χ1v) is 10.7.